The normalized spacial score (nSPS) is 15.2. The highest BCUT2D eigenvalue weighted by atomic mass is 32.1. The molecule has 3 N–H and O–H groups in total. The van der Waals surface area contributed by atoms with Gasteiger partial charge in [0.15, 0.2) is 5.13 Å². The summed E-state index contributed by atoms with van der Waals surface area (Å²) in [5, 5.41) is 8.15. The Morgan fingerprint density at radius 2 is 2.04 bits per heavy atom. The highest BCUT2D eigenvalue weighted by Crippen LogP contribution is 2.29. The molecule has 0 saturated carbocycles. The van der Waals surface area contributed by atoms with Crippen LogP contribution in [0.3, 0.4) is 0 Å². The average Bonchev–Trinajstić information content (AvgIpc) is 3.28. The van der Waals surface area contributed by atoms with Gasteiger partial charge in [0.25, 0.3) is 5.91 Å². The van der Waals surface area contributed by atoms with Gasteiger partial charge in [0.2, 0.25) is 0 Å². The number of piperidine rings is 1. The van der Waals surface area contributed by atoms with E-state index in [1.54, 1.807) is 0 Å². The van der Waals surface area contributed by atoms with Crippen LogP contribution in [0, 0.1) is 6.92 Å². The topological polar surface area (TPSA) is 87.9 Å². The summed E-state index contributed by atoms with van der Waals surface area (Å²) in [5.74, 6) is 0.439. The molecule has 0 atom stereocenters. The summed E-state index contributed by atoms with van der Waals surface area (Å²) >= 11 is 1.28. The van der Waals surface area contributed by atoms with Crippen molar-refractivity contribution in [2.45, 2.75) is 32.1 Å². The number of benzene rings is 1. The van der Waals surface area contributed by atoms with Crippen molar-refractivity contribution in [3.8, 4) is 0 Å². The summed E-state index contributed by atoms with van der Waals surface area (Å²) in [6, 6.07) is 12.6. The van der Waals surface area contributed by atoms with Crippen LogP contribution in [0.1, 0.15) is 51.1 Å². The molecular weight excluding hydrogens is 358 g/mol. The van der Waals surface area contributed by atoms with Crippen LogP contribution < -0.4 is 5.73 Å². The first-order valence-electron chi connectivity index (χ1n) is 9.20. The quantitative estimate of drug-likeness (QED) is 0.725. The number of hydrogen-bond acceptors (Lipinski definition) is 5. The third kappa shape index (κ3) is 3.88. The van der Waals surface area contributed by atoms with Crippen LogP contribution in [0.2, 0.25) is 0 Å². The standard InChI is InChI=1S/C20H23N5OS/c1-13-18(27-20(21)22-13)19(26)25-9-7-15(8-10-25)17-12-16(23-24-17)11-14-5-3-2-4-6-14/h2-6,12,15H,7-11H2,1H3,(H2,21,22)(H,23,24). The smallest absolute Gasteiger partial charge is 0.265 e. The van der Waals surface area contributed by atoms with Gasteiger partial charge in [0.05, 0.1) is 11.4 Å². The fourth-order valence-electron chi connectivity index (χ4n) is 3.63. The van der Waals surface area contributed by atoms with Gasteiger partial charge in [0.1, 0.15) is 4.88 Å². The SMILES string of the molecule is Cc1nc(N)sc1C(=O)N1CCC(c2cc(Cc3ccccc3)[nH]n2)CC1. The molecule has 1 saturated heterocycles. The van der Waals surface area contributed by atoms with Crippen LogP contribution in [0.5, 0.6) is 0 Å². The first kappa shape index (κ1) is 17.7. The summed E-state index contributed by atoms with van der Waals surface area (Å²) in [4.78, 5) is 19.4. The van der Waals surface area contributed by atoms with E-state index >= 15 is 0 Å². The van der Waals surface area contributed by atoms with E-state index in [1.165, 1.54) is 16.9 Å². The molecule has 3 heterocycles. The Labute approximate surface area is 162 Å². The molecular formula is C20H23N5OS. The van der Waals surface area contributed by atoms with Crippen LogP contribution in [0.4, 0.5) is 5.13 Å². The molecule has 4 rings (SSSR count). The maximum Gasteiger partial charge on any atom is 0.265 e. The third-order valence-electron chi connectivity index (χ3n) is 5.10. The minimum absolute atomic E-state index is 0.0481. The van der Waals surface area contributed by atoms with Gasteiger partial charge in [-0.25, -0.2) is 4.98 Å². The molecule has 0 aliphatic carbocycles. The summed E-state index contributed by atoms with van der Waals surface area (Å²) in [5.41, 5.74) is 9.96. The first-order valence-corrected chi connectivity index (χ1v) is 10.0. The van der Waals surface area contributed by atoms with E-state index in [1.807, 2.05) is 17.9 Å². The zero-order chi connectivity index (χ0) is 18.8. The summed E-state index contributed by atoms with van der Waals surface area (Å²) in [6.07, 6.45) is 2.71. The molecule has 1 fully saturated rings. The zero-order valence-electron chi connectivity index (χ0n) is 15.3. The highest BCUT2D eigenvalue weighted by Gasteiger charge is 2.28. The number of aromatic nitrogens is 3. The Hall–Kier alpha value is -2.67. The molecule has 1 aliphatic heterocycles. The largest absolute Gasteiger partial charge is 0.375 e. The molecule has 1 amide bonds. The van der Waals surface area contributed by atoms with E-state index in [2.05, 4.69) is 45.5 Å². The molecule has 7 heteroatoms. The van der Waals surface area contributed by atoms with Crippen molar-refractivity contribution in [2.75, 3.05) is 18.8 Å². The summed E-state index contributed by atoms with van der Waals surface area (Å²) in [6.45, 7) is 3.31. The van der Waals surface area contributed by atoms with E-state index in [-0.39, 0.29) is 5.91 Å². The van der Waals surface area contributed by atoms with E-state index < -0.39 is 0 Å². The van der Waals surface area contributed by atoms with Crippen LogP contribution in [-0.2, 0) is 6.42 Å². The number of H-pyrrole nitrogens is 1. The predicted molar refractivity (Wildman–Crippen MR) is 107 cm³/mol. The van der Waals surface area contributed by atoms with Crippen molar-refractivity contribution < 1.29 is 4.79 Å². The van der Waals surface area contributed by atoms with Gasteiger partial charge in [0, 0.05) is 31.1 Å². The van der Waals surface area contributed by atoms with Crippen molar-refractivity contribution in [3.63, 3.8) is 0 Å². The molecule has 0 spiro atoms. The van der Waals surface area contributed by atoms with Gasteiger partial charge in [-0.3, -0.25) is 9.89 Å². The van der Waals surface area contributed by atoms with Crippen LogP contribution in [-0.4, -0.2) is 39.1 Å². The molecule has 0 unspecified atom stereocenters. The van der Waals surface area contributed by atoms with Crippen LogP contribution in [0.25, 0.3) is 0 Å². The Morgan fingerprint density at radius 1 is 1.30 bits per heavy atom. The second-order valence-electron chi connectivity index (χ2n) is 7.01. The summed E-state index contributed by atoms with van der Waals surface area (Å²) < 4.78 is 0. The maximum absolute atomic E-state index is 12.7. The number of anilines is 1. The van der Waals surface area contributed by atoms with Gasteiger partial charge in [-0.15, -0.1) is 0 Å². The fraction of sp³-hybridized carbons (Fsp3) is 0.350. The monoisotopic (exact) mass is 381 g/mol. The van der Waals surface area contributed by atoms with E-state index in [4.69, 9.17) is 5.73 Å². The fourth-order valence-corrected chi connectivity index (χ4v) is 4.43. The van der Waals surface area contributed by atoms with E-state index in [9.17, 15) is 4.79 Å². The van der Waals surface area contributed by atoms with Crippen molar-refractivity contribution >= 4 is 22.4 Å². The molecule has 0 bridgehead atoms. The second kappa shape index (κ2) is 7.52. The number of carbonyl (C=O) groups is 1. The molecule has 6 nitrogen and oxygen atoms in total. The van der Waals surface area contributed by atoms with Crippen LogP contribution >= 0.6 is 11.3 Å². The maximum atomic E-state index is 12.7. The molecule has 2 aromatic heterocycles. The number of amides is 1. The summed E-state index contributed by atoms with van der Waals surface area (Å²) in [7, 11) is 0. The van der Waals surface area contributed by atoms with E-state index in [0.717, 1.165) is 49.4 Å². The number of nitrogens with two attached hydrogens (primary N) is 1. The number of carbonyl (C=O) groups excluding carboxylic acids is 1. The Balaban J connectivity index is 1.37. The average molecular weight is 382 g/mol. The third-order valence-corrected chi connectivity index (χ3v) is 6.07. The van der Waals surface area contributed by atoms with Crippen molar-refractivity contribution in [2.24, 2.45) is 0 Å². The van der Waals surface area contributed by atoms with Crippen molar-refractivity contribution in [1.82, 2.24) is 20.1 Å². The lowest BCUT2D eigenvalue weighted by Crippen LogP contribution is -2.37. The van der Waals surface area contributed by atoms with Gasteiger partial charge in [-0.05, 0) is 31.4 Å². The number of rotatable bonds is 4. The Bertz CT molecular complexity index is 925. The molecule has 0 radical (unpaired) electrons. The first-order chi connectivity index (χ1) is 13.1. The second-order valence-corrected chi connectivity index (χ2v) is 8.04. The van der Waals surface area contributed by atoms with E-state index in [0.29, 0.717) is 15.9 Å². The molecule has 140 valence electrons. The minimum Gasteiger partial charge on any atom is -0.375 e. The van der Waals surface area contributed by atoms with Crippen molar-refractivity contribution in [1.29, 1.82) is 0 Å². The van der Waals surface area contributed by atoms with Gasteiger partial charge in [-0.1, -0.05) is 41.7 Å². The Morgan fingerprint density at radius 3 is 2.70 bits per heavy atom. The molecule has 1 aromatic carbocycles. The predicted octanol–water partition coefficient (Wildman–Crippen LogP) is 3.37. The van der Waals surface area contributed by atoms with Gasteiger partial charge in [-0.2, -0.15) is 5.10 Å². The Kier molecular flexibility index (Phi) is 4.94. The number of hydrogen-bond donors (Lipinski definition) is 2. The molecule has 1 aliphatic rings. The van der Waals surface area contributed by atoms with Gasteiger partial charge < -0.3 is 10.6 Å². The number of likely N-dealkylation sites (tertiary alicyclic amines) is 1. The molecule has 27 heavy (non-hydrogen) atoms. The number of aromatic amines is 1. The zero-order valence-corrected chi connectivity index (χ0v) is 16.1. The van der Waals surface area contributed by atoms with Crippen LogP contribution in [0.15, 0.2) is 36.4 Å². The lowest BCUT2D eigenvalue weighted by atomic mass is 9.93. The molecule has 3 aromatic rings. The number of aryl methyl sites for hydroxylation is 1. The lowest BCUT2D eigenvalue weighted by molar-refractivity contribution is 0.0716. The number of nitrogens with zero attached hydrogens (tertiary/aromatic N) is 3. The number of thiazole rings is 1. The number of nitrogens with one attached hydrogen (secondary N) is 1. The lowest BCUT2D eigenvalue weighted by Gasteiger charge is -2.31. The van der Waals surface area contributed by atoms with Crippen molar-refractivity contribution in [3.05, 3.63) is 63.9 Å². The van der Waals surface area contributed by atoms with Gasteiger partial charge >= 0.3 is 0 Å². The minimum atomic E-state index is 0.0481. The number of nitrogen functional groups attached to an aromatic ring is 1. The highest BCUT2D eigenvalue weighted by molar-refractivity contribution is 7.17.